The third-order valence-corrected chi connectivity index (χ3v) is 3.61. The molecule has 0 radical (unpaired) electrons. The maximum Gasteiger partial charge on any atom is 0.315 e. The van der Waals surface area contributed by atoms with Crippen molar-refractivity contribution in [2.24, 2.45) is 0 Å². The van der Waals surface area contributed by atoms with Crippen molar-refractivity contribution in [3.05, 3.63) is 50.7 Å². The Morgan fingerprint density at radius 3 is 2.79 bits per heavy atom. The third-order valence-electron chi connectivity index (χ3n) is 2.88. The van der Waals surface area contributed by atoms with Crippen molar-refractivity contribution >= 4 is 28.4 Å². The summed E-state index contributed by atoms with van der Waals surface area (Å²) < 4.78 is 0. The lowest BCUT2D eigenvalue weighted by atomic mass is 10.2. The Balaban J connectivity index is 2.35. The maximum atomic E-state index is 11.2. The topological polar surface area (TPSA) is 58.4 Å². The number of rotatable bonds is 5. The fraction of sp³-hybridized carbons (Fsp3) is 0.231. The highest BCUT2D eigenvalue weighted by Gasteiger charge is 2.21. The van der Waals surface area contributed by atoms with Crippen LogP contribution in [0.3, 0.4) is 0 Å². The van der Waals surface area contributed by atoms with Gasteiger partial charge in [-0.05, 0) is 34.5 Å². The number of para-hydroxylation sites is 1. The summed E-state index contributed by atoms with van der Waals surface area (Å²) in [7, 11) is 3.55. The number of nitrogens with one attached hydrogen (secondary N) is 1. The van der Waals surface area contributed by atoms with Gasteiger partial charge in [0.2, 0.25) is 0 Å². The molecule has 2 rings (SSSR count). The first-order chi connectivity index (χ1) is 9.13. The van der Waals surface area contributed by atoms with Crippen molar-refractivity contribution in [1.82, 2.24) is 0 Å². The molecular weight excluding hydrogens is 262 g/mol. The molecule has 0 bridgehead atoms. The van der Waals surface area contributed by atoms with Crippen LogP contribution in [0.25, 0.3) is 0 Å². The highest BCUT2D eigenvalue weighted by molar-refractivity contribution is 7.07. The van der Waals surface area contributed by atoms with E-state index in [0.717, 1.165) is 5.56 Å². The number of nitro benzene ring substituents is 1. The van der Waals surface area contributed by atoms with Crippen molar-refractivity contribution in [2.75, 3.05) is 24.3 Å². The molecule has 0 aliphatic rings. The summed E-state index contributed by atoms with van der Waals surface area (Å²) in [5.74, 6) is 0. The molecule has 6 heteroatoms. The molecule has 5 nitrogen and oxygen atoms in total. The number of hydrogen-bond donors (Lipinski definition) is 1. The first kappa shape index (κ1) is 13.4. The van der Waals surface area contributed by atoms with Crippen LogP contribution in [0.5, 0.6) is 0 Å². The Kier molecular flexibility index (Phi) is 4.01. The smallest absolute Gasteiger partial charge is 0.315 e. The van der Waals surface area contributed by atoms with Crippen LogP contribution in [-0.4, -0.2) is 19.0 Å². The minimum absolute atomic E-state index is 0.114. The number of thiophene rings is 1. The molecule has 2 aromatic rings. The Morgan fingerprint density at radius 1 is 1.42 bits per heavy atom. The first-order valence-corrected chi connectivity index (χ1v) is 6.75. The zero-order chi connectivity index (χ0) is 13.8. The van der Waals surface area contributed by atoms with E-state index in [1.165, 1.54) is 0 Å². The van der Waals surface area contributed by atoms with E-state index in [9.17, 15) is 10.1 Å². The third kappa shape index (κ3) is 2.85. The normalized spacial score (nSPS) is 10.2. The summed E-state index contributed by atoms with van der Waals surface area (Å²) in [6, 6.07) is 7.32. The van der Waals surface area contributed by atoms with Crippen LogP contribution in [0.2, 0.25) is 0 Å². The van der Waals surface area contributed by atoms with Crippen LogP contribution in [0, 0.1) is 10.1 Å². The predicted octanol–water partition coefficient (Wildman–Crippen LogP) is 3.33. The summed E-state index contributed by atoms with van der Waals surface area (Å²) in [6.07, 6.45) is 0. The van der Waals surface area contributed by atoms with Gasteiger partial charge in [0.25, 0.3) is 0 Å². The molecular formula is C13H15N3O2S. The second-order valence-corrected chi connectivity index (χ2v) is 4.95. The summed E-state index contributed by atoms with van der Waals surface area (Å²) in [6.45, 7) is 0.650. The highest BCUT2D eigenvalue weighted by Crippen LogP contribution is 2.35. The Labute approximate surface area is 115 Å². The standard InChI is InChI=1S/C13H15N3O2S/c1-14-11-4-3-5-12(13(11)16(17)18)15(2)8-10-6-7-19-9-10/h3-7,9,14H,8H2,1-2H3. The maximum absolute atomic E-state index is 11.2. The van der Waals surface area contributed by atoms with E-state index in [0.29, 0.717) is 17.9 Å². The fourth-order valence-corrected chi connectivity index (χ4v) is 2.63. The second-order valence-electron chi connectivity index (χ2n) is 4.17. The van der Waals surface area contributed by atoms with Gasteiger partial charge in [-0.25, -0.2) is 0 Å². The van der Waals surface area contributed by atoms with Crippen LogP contribution in [0.15, 0.2) is 35.0 Å². The predicted molar refractivity (Wildman–Crippen MR) is 79.1 cm³/mol. The van der Waals surface area contributed by atoms with Gasteiger partial charge < -0.3 is 10.2 Å². The highest BCUT2D eigenvalue weighted by atomic mass is 32.1. The van der Waals surface area contributed by atoms with Gasteiger partial charge in [0.15, 0.2) is 0 Å². The van der Waals surface area contributed by atoms with Crippen molar-refractivity contribution in [1.29, 1.82) is 0 Å². The molecule has 1 heterocycles. The molecule has 0 spiro atoms. The van der Waals surface area contributed by atoms with Crippen molar-refractivity contribution < 1.29 is 4.92 Å². The minimum atomic E-state index is -0.342. The van der Waals surface area contributed by atoms with E-state index in [-0.39, 0.29) is 10.6 Å². The van der Waals surface area contributed by atoms with Gasteiger partial charge >= 0.3 is 5.69 Å². The lowest BCUT2D eigenvalue weighted by molar-refractivity contribution is -0.383. The molecule has 0 amide bonds. The summed E-state index contributed by atoms with van der Waals surface area (Å²) in [5.41, 5.74) is 2.40. The summed E-state index contributed by atoms with van der Waals surface area (Å²) in [4.78, 5) is 12.8. The van der Waals surface area contributed by atoms with E-state index in [2.05, 4.69) is 5.32 Å². The number of nitro groups is 1. The van der Waals surface area contributed by atoms with Crippen molar-refractivity contribution in [3.63, 3.8) is 0 Å². The van der Waals surface area contributed by atoms with E-state index >= 15 is 0 Å². The van der Waals surface area contributed by atoms with Crippen molar-refractivity contribution in [2.45, 2.75) is 6.54 Å². The second kappa shape index (κ2) is 5.71. The van der Waals surface area contributed by atoms with Gasteiger partial charge in [-0.2, -0.15) is 11.3 Å². The van der Waals surface area contributed by atoms with E-state index in [4.69, 9.17) is 0 Å². The summed E-state index contributed by atoms with van der Waals surface area (Å²) >= 11 is 1.62. The molecule has 1 N–H and O–H groups in total. The zero-order valence-electron chi connectivity index (χ0n) is 10.8. The number of anilines is 2. The molecule has 0 saturated carbocycles. The fourth-order valence-electron chi connectivity index (χ4n) is 1.97. The average Bonchev–Trinajstić information content (AvgIpc) is 2.90. The molecule has 0 atom stereocenters. The Bertz CT molecular complexity index is 569. The quantitative estimate of drug-likeness (QED) is 0.672. The molecule has 0 aliphatic carbocycles. The van der Waals surface area contributed by atoms with Crippen LogP contribution in [0.1, 0.15) is 5.56 Å². The van der Waals surface area contributed by atoms with Crippen LogP contribution >= 0.6 is 11.3 Å². The van der Waals surface area contributed by atoms with Crippen LogP contribution in [-0.2, 0) is 6.54 Å². The molecule has 19 heavy (non-hydrogen) atoms. The molecule has 0 unspecified atom stereocenters. The van der Waals surface area contributed by atoms with E-state index in [1.807, 2.05) is 34.8 Å². The molecule has 0 fully saturated rings. The first-order valence-electron chi connectivity index (χ1n) is 5.81. The summed E-state index contributed by atoms with van der Waals surface area (Å²) in [5, 5.41) is 18.2. The van der Waals surface area contributed by atoms with Crippen LogP contribution < -0.4 is 10.2 Å². The van der Waals surface area contributed by atoms with Gasteiger partial charge in [0, 0.05) is 20.6 Å². The number of nitrogens with zero attached hydrogens (tertiary/aromatic N) is 2. The number of hydrogen-bond acceptors (Lipinski definition) is 5. The van der Waals surface area contributed by atoms with E-state index in [1.54, 1.807) is 30.5 Å². The molecule has 1 aromatic heterocycles. The van der Waals surface area contributed by atoms with Gasteiger partial charge in [0.05, 0.1) is 4.92 Å². The Hall–Kier alpha value is -2.08. The zero-order valence-corrected chi connectivity index (χ0v) is 11.6. The molecule has 0 aliphatic heterocycles. The monoisotopic (exact) mass is 277 g/mol. The SMILES string of the molecule is CNc1cccc(N(C)Cc2ccsc2)c1[N+](=O)[O-]. The van der Waals surface area contributed by atoms with Crippen LogP contribution in [0.4, 0.5) is 17.1 Å². The van der Waals surface area contributed by atoms with Gasteiger partial charge in [-0.3, -0.25) is 10.1 Å². The lowest BCUT2D eigenvalue weighted by Crippen LogP contribution is -2.17. The molecule has 100 valence electrons. The lowest BCUT2D eigenvalue weighted by Gasteiger charge is -2.19. The minimum Gasteiger partial charge on any atom is -0.382 e. The van der Waals surface area contributed by atoms with E-state index < -0.39 is 0 Å². The number of benzene rings is 1. The largest absolute Gasteiger partial charge is 0.382 e. The van der Waals surface area contributed by atoms with Crippen molar-refractivity contribution in [3.8, 4) is 0 Å². The van der Waals surface area contributed by atoms with Gasteiger partial charge in [0.1, 0.15) is 11.4 Å². The molecule has 1 aromatic carbocycles. The van der Waals surface area contributed by atoms with Gasteiger partial charge in [-0.1, -0.05) is 6.07 Å². The molecule has 0 saturated heterocycles. The van der Waals surface area contributed by atoms with Gasteiger partial charge in [-0.15, -0.1) is 0 Å². The average molecular weight is 277 g/mol. The Morgan fingerprint density at radius 2 is 2.21 bits per heavy atom.